The van der Waals surface area contributed by atoms with E-state index in [0.717, 1.165) is 18.7 Å². The molecule has 0 radical (unpaired) electrons. The highest BCUT2D eigenvalue weighted by Gasteiger charge is 2.58. The maximum Gasteiger partial charge on any atom is 0.291 e. The summed E-state index contributed by atoms with van der Waals surface area (Å²) in [6, 6.07) is 9.92. The first-order valence-corrected chi connectivity index (χ1v) is 9.09. The zero-order chi connectivity index (χ0) is 17.0. The maximum atomic E-state index is 13.2. The van der Waals surface area contributed by atoms with Gasteiger partial charge in [-0.3, -0.25) is 4.79 Å². The Kier molecular flexibility index (Phi) is 3.29. The summed E-state index contributed by atoms with van der Waals surface area (Å²) in [4.78, 5) is 19.7. The minimum absolute atomic E-state index is 0.0311. The lowest BCUT2D eigenvalue weighted by Gasteiger charge is -2.41. The molecule has 1 aromatic carbocycles. The van der Waals surface area contributed by atoms with Crippen molar-refractivity contribution in [2.75, 3.05) is 19.8 Å². The number of nitrogens with zero attached hydrogens (tertiary/aromatic N) is 2. The number of likely N-dealkylation sites (tertiary alicyclic amines) is 1. The Hall–Kier alpha value is -2.14. The van der Waals surface area contributed by atoms with Crippen LogP contribution in [0.5, 0.6) is 0 Å². The van der Waals surface area contributed by atoms with E-state index in [1.165, 1.54) is 19.3 Å². The molecule has 3 fully saturated rings. The van der Waals surface area contributed by atoms with Crippen molar-refractivity contribution in [3.63, 3.8) is 0 Å². The fraction of sp³-hybridized carbons (Fsp3) is 0.500. The third-order valence-corrected chi connectivity index (χ3v) is 6.34. The van der Waals surface area contributed by atoms with E-state index in [4.69, 9.17) is 9.15 Å². The first kappa shape index (κ1) is 15.1. The lowest BCUT2D eigenvalue weighted by Crippen LogP contribution is -2.40. The Morgan fingerprint density at radius 1 is 1.24 bits per heavy atom. The minimum atomic E-state index is -0.0311. The molecule has 3 heterocycles. The summed E-state index contributed by atoms with van der Waals surface area (Å²) in [6.45, 7) is 4.13. The summed E-state index contributed by atoms with van der Waals surface area (Å²) in [7, 11) is 0. The number of rotatable bonds is 2. The van der Waals surface area contributed by atoms with Gasteiger partial charge in [0.15, 0.2) is 0 Å². The van der Waals surface area contributed by atoms with Crippen LogP contribution in [-0.2, 0) is 4.74 Å². The second-order valence-electron chi connectivity index (χ2n) is 7.66. The van der Waals surface area contributed by atoms with Crippen molar-refractivity contribution in [3.8, 4) is 11.5 Å². The molecule has 1 amide bonds. The maximum absolute atomic E-state index is 13.2. The van der Waals surface area contributed by atoms with Crippen molar-refractivity contribution in [2.24, 2.45) is 11.3 Å². The Labute approximate surface area is 147 Å². The molecule has 2 aliphatic heterocycles. The smallest absolute Gasteiger partial charge is 0.291 e. The van der Waals surface area contributed by atoms with E-state index < -0.39 is 0 Å². The average Bonchev–Trinajstić information content (AvgIpc) is 3.27. The largest absolute Gasteiger partial charge is 0.431 e. The quantitative estimate of drug-likeness (QED) is 0.843. The summed E-state index contributed by atoms with van der Waals surface area (Å²) in [5.74, 6) is 1.34. The van der Waals surface area contributed by atoms with E-state index in [9.17, 15) is 4.79 Å². The number of carbonyl (C=O) groups excluding carboxylic acids is 1. The number of fused-ring (bicyclic) bond motifs is 2. The van der Waals surface area contributed by atoms with Gasteiger partial charge in [-0.25, -0.2) is 4.98 Å². The molecule has 25 heavy (non-hydrogen) atoms. The highest BCUT2D eigenvalue weighted by Crippen LogP contribution is 2.56. The van der Waals surface area contributed by atoms with Crippen LogP contribution < -0.4 is 0 Å². The molecule has 3 aliphatic rings. The number of ether oxygens (including phenoxy) is 1. The van der Waals surface area contributed by atoms with Gasteiger partial charge in [-0.2, -0.15) is 0 Å². The molecule has 1 saturated carbocycles. The molecule has 5 heteroatoms. The predicted octanol–water partition coefficient (Wildman–Crippen LogP) is 3.29. The monoisotopic (exact) mass is 338 g/mol. The van der Waals surface area contributed by atoms with Crippen LogP contribution in [0.2, 0.25) is 0 Å². The first-order valence-electron chi connectivity index (χ1n) is 9.09. The molecule has 1 aliphatic carbocycles. The van der Waals surface area contributed by atoms with E-state index in [2.05, 4.69) is 4.98 Å². The second kappa shape index (κ2) is 5.43. The molecule has 2 saturated heterocycles. The zero-order valence-corrected chi connectivity index (χ0v) is 14.4. The molecular weight excluding hydrogens is 316 g/mol. The first-order chi connectivity index (χ1) is 12.2. The zero-order valence-electron chi connectivity index (χ0n) is 14.4. The van der Waals surface area contributed by atoms with Gasteiger partial charge in [-0.15, -0.1) is 0 Å². The van der Waals surface area contributed by atoms with Crippen LogP contribution in [0, 0.1) is 18.3 Å². The summed E-state index contributed by atoms with van der Waals surface area (Å²) in [6.07, 6.45) is 3.70. The van der Waals surface area contributed by atoms with Crippen molar-refractivity contribution < 1.29 is 13.9 Å². The van der Waals surface area contributed by atoms with E-state index in [-0.39, 0.29) is 17.4 Å². The summed E-state index contributed by atoms with van der Waals surface area (Å²) >= 11 is 0. The van der Waals surface area contributed by atoms with Gasteiger partial charge in [0.25, 0.3) is 5.91 Å². The van der Waals surface area contributed by atoms with Gasteiger partial charge >= 0.3 is 0 Å². The summed E-state index contributed by atoms with van der Waals surface area (Å²) in [5, 5.41) is 0. The Bertz CT molecular complexity index is 810. The summed E-state index contributed by atoms with van der Waals surface area (Å²) < 4.78 is 11.6. The van der Waals surface area contributed by atoms with Gasteiger partial charge < -0.3 is 14.1 Å². The van der Waals surface area contributed by atoms with E-state index in [0.29, 0.717) is 29.9 Å². The lowest BCUT2D eigenvalue weighted by atomic mass is 9.62. The molecule has 0 bridgehead atoms. The number of aryl methyl sites for hydroxylation is 1. The number of hydrogen-bond acceptors (Lipinski definition) is 4. The standard InChI is InChI=1S/C20H22N2O3/c1-13-17(25-18(21-13)14-6-3-2-4-7-14)19(23)22-12-20(8-5-9-20)15-10-24-11-16(15)22/h2-4,6-7,15-16H,5,8-12H2,1H3/t15-,16+/m0/s1. The van der Waals surface area contributed by atoms with Crippen molar-refractivity contribution in [1.29, 1.82) is 0 Å². The number of oxazole rings is 1. The van der Waals surface area contributed by atoms with Gasteiger partial charge in [0, 0.05) is 18.0 Å². The van der Waals surface area contributed by atoms with Crippen molar-refractivity contribution in [2.45, 2.75) is 32.2 Å². The molecule has 130 valence electrons. The van der Waals surface area contributed by atoms with Crippen LogP contribution in [0.1, 0.15) is 35.5 Å². The van der Waals surface area contributed by atoms with Crippen LogP contribution in [0.4, 0.5) is 0 Å². The number of carbonyl (C=O) groups is 1. The van der Waals surface area contributed by atoms with Crippen molar-refractivity contribution >= 4 is 5.91 Å². The molecule has 0 unspecified atom stereocenters. The number of benzene rings is 1. The molecule has 2 aromatic rings. The van der Waals surface area contributed by atoms with E-state index in [1.807, 2.05) is 42.2 Å². The fourth-order valence-electron chi connectivity index (χ4n) is 4.82. The fourth-order valence-corrected chi connectivity index (χ4v) is 4.82. The van der Waals surface area contributed by atoms with Crippen molar-refractivity contribution in [1.82, 2.24) is 9.88 Å². The van der Waals surface area contributed by atoms with Gasteiger partial charge in [0.05, 0.1) is 24.9 Å². The third-order valence-electron chi connectivity index (χ3n) is 6.34. The number of aromatic nitrogens is 1. The number of hydrogen-bond donors (Lipinski definition) is 0. The van der Waals surface area contributed by atoms with Gasteiger partial charge in [-0.05, 0) is 37.3 Å². The van der Waals surface area contributed by atoms with Crippen LogP contribution >= 0.6 is 0 Å². The Morgan fingerprint density at radius 2 is 2.04 bits per heavy atom. The van der Waals surface area contributed by atoms with Crippen molar-refractivity contribution in [3.05, 3.63) is 41.8 Å². The van der Waals surface area contributed by atoms with Crippen LogP contribution in [0.15, 0.2) is 34.7 Å². The minimum Gasteiger partial charge on any atom is -0.431 e. The molecule has 1 spiro atoms. The second-order valence-corrected chi connectivity index (χ2v) is 7.66. The normalized spacial score (nSPS) is 26.7. The molecule has 1 aromatic heterocycles. The average molecular weight is 338 g/mol. The molecule has 5 rings (SSSR count). The predicted molar refractivity (Wildman–Crippen MR) is 92.1 cm³/mol. The molecule has 5 nitrogen and oxygen atoms in total. The molecule has 2 atom stereocenters. The highest BCUT2D eigenvalue weighted by atomic mass is 16.5. The molecular formula is C20H22N2O3. The van der Waals surface area contributed by atoms with E-state index in [1.54, 1.807) is 0 Å². The van der Waals surface area contributed by atoms with Crippen LogP contribution in [-0.4, -0.2) is 41.6 Å². The third kappa shape index (κ3) is 2.18. The Balaban J connectivity index is 1.46. The van der Waals surface area contributed by atoms with E-state index >= 15 is 0 Å². The SMILES string of the molecule is Cc1nc(-c2ccccc2)oc1C(=O)N1CC2(CCC2)[C@H]2COC[C@H]21. The summed E-state index contributed by atoms with van der Waals surface area (Å²) in [5.41, 5.74) is 1.84. The van der Waals surface area contributed by atoms with Gasteiger partial charge in [0.2, 0.25) is 11.7 Å². The number of amides is 1. The Morgan fingerprint density at radius 3 is 2.76 bits per heavy atom. The lowest BCUT2D eigenvalue weighted by molar-refractivity contribution is 0.0437. The highest BCUT2D eigenvalue weighted by molar-refractivity contribution is 5.93. The van der Waals surface area contributed by atoms with Gasteiger partial charge in [0.1, 0.15) is 0 Å². The van der Waals surface area contributed by atoms with Crippen LogP contribution in [0.25, 0.3) is 11.5 Å². The topological polar surface area (TPSA) is 55.6 Å². The molecule has 0 N–H and O–H groups in total. The van der Waals surface area contributed by atoms with Gasteiger partial charge in [-0.1, -0.05) is 24.6 Å². The van der Waals surface area contributed by atoms with Crippen LogP contribution in [0.3, 0.4) is 0 Å².